The second kappa shape index (κ2) is 9.03. The van der Waals surface area contributed by atoms with Crippen molar-refractivity contribution < 1.29 is 19.1 Å². The summed E-state index contributed by atoms with van der Waals surface area (Å²) in [6, 6.07) is 19.7. The highest BCUT2D eigenvalue weighted by atomic mass is 35.5. The molecular formula is C22H17ClN2O4. The zero-order valence-electron chi connectivity index (χ0n) is 15.4. The van der Waals surface area contributed by atoms with Crippen LogP contribution in [0.1, 0.15) is 27.6 Å². The van der Waals surface area contributed by atoms with E-state index in [0.29, 0.717) is 27.5 Å². The van der Waals surface area contributed by atoms with Crippen molar-refractivity contribution in [1.29, 1.82) is 0 Å². The van der Waals surface area contributed by atoms with Crippen LogP contribution in [0.15, 0.2) is 72.8 Å². The fraction of sp³-hybridized carbons (Fsp3) is 0.0455. The van der Waals surface area contributed by atoms with E-state index in [4.69, 9.17) is 16.3 Å². The van der Waals surface area contributed by atoms with Gasteiger partial charge >= 0.3 is 5.97 Å². The first-order chi connectivity index (χ1) is 13.9. The number of nitrogens with one attached hydrogen (secondary N) is 2. The third-order valence-electron chi connectivity index (χ3n) is 3.85. The highest BCUT2D eigenvalue weighted by Gasteiger charge is 2.11. The molecule has 0 spiro atoms. The van der Waals surface area contributed by atoms with Gasteiger partial charge in [0.25, 0.3) is 11.8 Å². The number of rotatable bonds is 5. The van der Waals surface area contributed by atoms with Crippen LogP contribution in [0.3, 0.4) is 0 Å². The second-order valence-electron chi connectivity index (χ2n) is 6.09. The molecule has 7 heteroatoms. The quantitative estimate of drug-likeness (QED) is 0.470. The van der Waals surface area contributed by atoms with Gasteiger partial charge in [0.1, 0.15) is 5.75 Å². The molecule has 0 aliphatic carbocycles. The molecule has 2 amide bonds. The first kappa shape index (κ1) is 20.1. The summed E-state index contributed by atoms with van der Waals surface area (Å²) >= 11 is 6.05. The maximum atomic E-state index is 12.5. The lowest BCUT2D eigenvalue weighted by Gasteiger charge is -2.10. The monoisotopic (exact) mass is 408 g/mol. The lowest BCUT2D eigenvalue weighted by molar-refractivity contribution is -0.131. The van der Waals surface area contributed by atoms with Crippen molar-refractivity contribution in [2.75, 3.05) is 10.6 Å². The molecule has 2 N–H and O–H groups in total. The topological polar surface area (TPSA) is 84.5 Å². The molecule has 6 nitrogen and oxygen atoms in total. The smallest absolute Gasteiger partial charge is 0.308 e. The summed E-state index contributed by atoms with van der Waals surface area (Å²) < 4.78 is 4.99. The van der Waals surface area contributed by atoms with Crippen molar-refractivity contribution >= 4 is 40.8 Å². The molecule has 0 aromatic heterocycles. The maximum absolute atomic E-state index is 12.5. The molecule has 3 aromatic rings. The third kappa shape index (κ3) is 5.43. The Morgan fingerprint density at radius 3 is 2.14 bits per heavy atom. The number of amides is 2. The van der Waals surface area contributed by atoms with Crippen molar-refractivity contribution in [3.8, 4) is 5.75 Å². The highest BCUT2D eigenvalue weighted by molar-refractivity contribution is 6.34. The Balaban J connectivity index is 1.71. The Hall–Kier alpha value is -3.64. The summed E-state index contributed by atoms with van der Waals surface area (Å²) in [5.74, 6) is -0.919. The molecule has 0 fully saturated rings. The van der Waals surface area contributed by atoms with Crippen LogP contribution in [0.2, 0.25) is 5.02 Å². The Morgan fingerprint density at radius 1 is 0.793 bits per heavy atom. The Kier molecular flexibility index (Phi) is 6.26. The van der Waals surface area contributed by atoms with Gasteiger partial charge in [-0.3, -0.25) is 14.4 Å². The van der Waals surface area contributed by atoms with E-state index in [1.54, 1.807) is 66.7 Å². The highest BCUT2D eigenvalue weighted by Crippen LogP contribution is 2.21. The minimum absolute atomic E-state index is 0.283. The normalized spacial score (nSPS) is 10.1. The van der Waals surface area contributed by atoms with Gasteiger partial charge in [-0.05, 0) is 48.5 Å². The average molecular weight is 409 g/mol. The number of esters is 1. The molecule has 0 aliphatic rings. The number of carbonyl (C=O) groups excluding carboxylic acids is 3. The van der Waals surface area contributed by atoms with Crippen LogP contribution in [0.5, 0.6) is 5.75 Å². The van der Waals surface area contributed by atoms with Crippen molar-refractivity contribution in [1.82, 2.24) is 0 Å². The lowest BCUT2D eigenvalue weighted by Crippen LogP contribution is -2.14. The van der Waals surface area contributed by atoms with Crippen molar-refractivity contribution in [3.63, 3.8) is 0 Å². The third-order valence-corrected chi connectivity index (χ3v) is 4.18. The minimum Gasteiger partial charge on any atom is -0.427 e. The van der Waals surface area contributed by atoms with Crippen molar-refractivity contribution in [2.45, 2.75) is 6.92 Å². The summed E-state index contributed by atoms with van der Waals surface area (Å²) in [5.41, 5.74) is 1.67. The molecular weight excluding hydrogens is 392 g/mol. The molecule has 0 bridgehead atoms. The van der Waals surface area contributed by atoms with E-state index in [2.05, 4.69) is 10.6 Å². The molecule has 0 aliphatic heterocycles. The fourth-order valence-electron chi connectivity index (χ4n) is 2.59. The van der Waals surface area contributed by atoms with Crippen molar-refractivity contribution in [2.24, 2.45) is 0 Å². The molecule has 0 atom stereocenters. The summed E-state index contributed by atoms with van der Waals surface area (Å²) in [7, 11) is 0. The zero-order valence-corrected chi connectivity index (χ0v) is 16.2. The van der Waals surface area contributed by atoms with E-state index < -0.39 is 5.97 Å². The summed E-state index contributed by atoms with van der Waals surface area (Å²) in [6.45, 7) is 1.29. The predicted molar refractivity (Wildman–Crippen MR) is 112 cm³/mol. The number of carbonyl (C=O) groups is 3. The van der Waals surface area contributed by atoms with Gasteiger partial charge in [0.05, 0.1) is 10.6 Å². The Morgan fingerprint density at radius 2 is 1.45 bits per heavy atom. The van der Waals surface area contributed by atoms with Gasteiger partial charge in [-0.2, -0.15) is 0 Å². The summed E-state index contributed by atoms with van der Waals surface area (Å²) in [4.78, 5) is 36.0. The van der Waals surface area contributed by atoms with Gasteiger partial charge in [-0.15, -0.1) is 0 Å². The molecule has 0 radical (unpaired) electrons. The van der Waals surface area contributed by atoms with Gasteiger partial charge in [0, 0.05) is 23.9 Å². The molecule has 0 saturated carbocycles. The number of hydrogen-bond acceptors (Lipinski definition) is 4. The van der Waals surface area contributed by atoms with E-state index in [9.17, 15) is 14.4 Å². The summed E-state index contributed by atoms with van der Waals surface area (Å²) in [6.07, 6.45) is 0. The largest absolute Gasteiger partial charge is 0.427 e. The van der Waals surface area contributed by atoms with Gasteiger partial charge in [0.2, 0.25) is 0 Å². The summed E-state index contributed by atoms with van der Waals surface area (Å²) in [5, 5.41) is 5.85. The van der Waals surface area contributed by atoms with E-state index in [1.807, 2.05) is 0 Å². The van der Waals surface area contributed by atoms with Crippen LogP contribution in [0, 0.1) is 0 Å². The van der Waals surface area contributed by atoms with E-state index in [0.717, 1.165) is 0 Å². The van der Waals surface area contributed by atoms with Gasteiger partial charge in [-0.1, -0.05) is 35.9 Å². The van der Waals surface area contributed by atoms with E-state index >= 15 is 0 Å². The zero-order chi connectivity index (χ0) is 20.8. The first-order valence-corrected chi connectivity index (χ1v) is 9.06. The Bertz CT molecular complexity index is 1080. The first-order valence-electron chi connectivity index (χ1n) is 8.68. The van der Waals surface area contributed by atoms with Crippen molar-refractivity contribution in [3.05, 3.63) is 88.9 Å². The molecule has 29 heavy (non-hydrogen) atoms. The standard InChI is InChI=1S/C22H17ClN2O4/c1-14(26)29-18-9-4-6-15(12-18)21(27)24-16-7-5-8-17(13-16)25-22(28)19-10-2-3-11-20(19)23/h2-13H,1H3,(H,24,27)(H,25,28). The minimum atomic E-state index is -0.468. The fourth-order valence-corrected chi connectivity index (χ4v) is 2.81. The molecule has 0 heterocycles. The maximum Gasteiger partial charge on any atom is 0.308 e. The molecule has 0 unspecified atom stereocenters. The van der Waals surface area contributed by atoms with Gasteiger partial charge < -0.3 is 15.4 Å². The molecule has 3 aromatic carbocycles. The molecule has 146 valence electrons. The number of ether oxygens (including phenoxy) is 1. The van der Waals surface area contributed by atoms with Crippen LogP contribution < -0.4 is 15.4 Å². The lowest BCUT2D eigenvalue weighted by atomic mass is 10.2. The Labute approximate surface area is 172 Å². The molecule has 0 saturated heterocycles. The van der Waals surface area contributed by atoms with Crippen LogP contribution >= 0.6 is 11.6 Å². The number of benzene rings is 3. The van der Waals surface area contributed by atoms with Crippen LogP contribution in [0.25, 0.3) is 0 Å². The van der Waals surface area contributed by atoms with Crippen LogP contribution in [0.4, 0.5) is 11.4 Å². The number of hydrogen-bond donors (Lipinski definition) is 2. The number of anilines is 2. The second-order valence-corrected chi connectivity index (χ2v) is 6.50. The van der Waals surface area contributed by atoms with E-state index in [-0.39, 0.29) is 17.6 Å². The average Bonchev–Trinajstić information content (AvgIpc) is 2.68. The molecule has 3 rings (SSSR count). The van der Waals surface area contributed by atoms with Gasteiger partial charge in [-0.25, -0.2) is 0 Å². The predicted octanol–water partition coefficient (Wildman–Crippen LogP) is 4.77. The van der Waals surface area contributed by atoms with E-state index in [1.165, 1.54) is 13.0 Å². The van der Waals surface area contributed by atoms with Crippen LogP contribution in [-0.2, 0) is 4.79 Å². The van der Waals surface area contributed by atoms with Gasteiger partial charge in [0.15, 0.2) is 0 Å². The SMILES string of the molecule is CC(=O)Oc1cccc(C(=O)Nc2cccc(NC(=O)c3ccccc3Cl)c2)c1. The number of halogens is 1. The van der Waals surface area contributed by atoms with Crippen LogP contribution in [-0.4, -0.2) is 17.8 Å².